The number of rotatable bonds is 0. The first kappa shape index (κ1) is 18.6. The van der Waals surface area contributed by atoms with Crippen molar-refractivity contribution in [2.75, 3.05) is 0 Å². The molecule has 2 nitrogen and oxygen atoms in total. The van der Waals surface area contributed by atoms with Crippen LogP contribution in [0.3, 0.4) is 0 Å². The minimum Gasteiger partial charge on any atom is -0.443 e. The molecule has 0 saturated carbocycles. The standard InChI is InChI=1S/CHNO.Co.Ni/c2-1-3;;/h3H;;. The summed E-state index contributed by atoms with van der Waals surface area (Å²) < 4.78 is 0. The van der Waals surface area contributed by atoms with Crippen LogP contribution in [0.5, 0.6) is 0 Å². The van der Waals surface area contributed by atoms with Gasteiger partial charge in [-0.3, -0.25) is 0 Å². The molecule has 0 unspecified atom stereocenters. The van der Waals surface area contributed by atoms with Crippen LogP contribution >= 0.6 is 0 Å². The second-order valence-corrected chi connectivity index (χ2v) is 0.100. The van der Waals surface area contributed by atoms with E-state index in [1.54, 1.807) is 0 Å². The fourth-order valence-corrected chi connectivity index (χ4v) is 0. The fourth-order valence-electron chi connectivity index (χ4n) is 0. The van der Waals surface area contributed by atoms with E-state index >= 15 is 0 Å². The SMILES string of the molecule is N#CO.[Co].[Ni]. The Morgan fingerprint density at radius 1 is 1.60 bits per heavy atom. The molecule has 0 fully saturated rings. The number of hydrogen-bond donors (Lipinski definition) is 1. The first-order chi connectivity index (χ1) is 1.41. The molecule has 0 bridgehead atoms. The van der Waals surface area contributed by atoms with Crippen LogP contribution in [0.2, 0.25) is 0 Å². The predicted octanol–water partition coefficient (Wildman–Crippen LogP) is -0.165. The zero-order chi connectivity index (χ0) is 2.71. The maximum atomic E-state index is 6.88. The second-order valence-electron chi connectivity index (χ2n) is 0.100. The molecule has 0 rings (SSSR count). The van der Waals surface area contributed by atoms with Crippen molar-refractivity contribution in [2.45, 2.75) is 0 Å². The first-order valence-corrected chi connectivity index (χ1v) is 0.447. The molecule has 0 aliphatic rings. The summed E-state index contributed by atoms with van der Waals surface area (Å²) in [5.74, 6) is 0. The van der Waals surface area contributed by atoms with Gasteiger partial charge >= 0.3 is 0 Å². The third-order valence-corrected chi connectivity index (χ3v) is 0. The summed E-state index contributed by atoms with van der Waals surface area (Å²) in [6.45, 7) is 0. The van der Waals surface area contributed by atoms with Gasteiger partial charge in [-0.2, -0.15) is 5.26 Å². The van der Waals surface area contributed by atoms with Crippen LogP contribution in [0.25, 0.3) is 0 Å². The quantitative estimate of drug-likeness (QED) is 0.395. The van der Waals surface area contributed by atoms with Gasteiger partial charge in [-0.05, 0) is 0 Å². The van der Waals surface area contributed by atoms with Gasteiger partial charge in [-0.1, -0.05) is 0 Å². The molecule has 1 radical (unpaired) electrons. The predicted molar refractivity (Wildman–Crippen MR) is 7.55 cm³/mol. The van der Waals surface area contributed by atoms with E-state index in [-0.39, 0.29) is 33.3 Å². The molecule has 0 aromatic heterocycles. The van der Waals surface area contributed by atoms with Gasteiger partial charge in [0.05, 0.1) is 0 Å². The Labute approximate surface area is 50.3 Å². The number of aliphatic hydroxyl groups is 1. The topological polar surface area (TPSA) is 44.0 Å². The third kappa shape index (κ3) is 268. The molecular weight excluding hydrogens is 160 g/mol. The van der Waals surface area contributed by atoms with Crippen molar-refractivity contribution in [1.29, 1.82) is 5.26 Å². The van der Waals surface area contributed by atoms with E-state index in [1.807, 2.05) is 0 Å². The van der Waals surface area contributed by atoms with Gasteiger partial charge in [0, 0.05) is 33.3 Å². The normalized spacial score (nSPS) is 1.40. The van der Waals surface area contributed by atoms with Gasteiger partial charge in [0.25, 0.3) is 6.26 Å². The molecule has 0 heterocycles. The Kier molecular flexibility index (Phi) is 104. The first-order valence-electron chi connectivity index (χ1n) is 0.447. The van der Waals surface area contributed by atoms with E-state index in [9.17, 15) is 0 Å². The van der Waals surface area contributed by atoms with Crippen LogP contribution < -0.4 is 0 Å². The molecule has 35 valence electrons. The molecule has 0 aliphatic heterocycles. The molecule has 0 saturated heterocycles. The Bertz CT molecular complexity index is 33.1. The Morgan fingerprint density at radius 3 is 1.60 bits per heavy atom. The van der Waals surface area contributed by atoms with Crippen LogP contribution in [0.1, 0.15) is 0 Å². The van der Waals surface area contributed by atoms with Crippen molar-refractivity contribution >= 4 is 0 Å². The van der Waals surface area contributed by atoms with Gasteiger partial charge in [0.1, 0.15) is 0 Å². The average molecular weight is 161 g/mol. The third-order valence-electron chi connectivity index (χ3n) is 0. The van der Waals surface area contributed by atoms with E-state index in [0.717, 1.165) is 6.26 Å². The minimum atomic E-state index is 0. The van der Waals surface area contributed by atoms with Crippen molar-refractivity contribution in [2.24, 2.45) is 0 Å². The van der Waals surface area contributed by atoms with E-state index < -0.39 is 0 Å². The van der Waals surface area contributed by atoms with Gasteiger partial charge < -0.3 is 5.11 Å². The van der Waals surface area contributed by atoms with E-state index in [2.05, 4.69) is 0 Å². The van der Waals surface area contributed by atoms with Crippen molar-refractivity contribution in [3.8, 4) is 6.26 Å². The summed E-state index contributed by atoms with van der Waals surface area (Å²) in [6, 6.07) is 0. The second kappa shape index (κ2) is 27.9. The van der Waals surface area contributed by atoms with E-state index in [1.165, 1.54) is 0 Å². The van der Waals surface area contributed by atoms with Crippen molar-refractivity contribution < 1.29 is 38.4 Å². The maximum Gasteiger partial charge on any atom is 0.283 e. The Hall–Kier alpha value is 0.290. The number of aliphatic hydroxyl groups excluding tert-OH is 1. The van der Waals surface area contributed by atoms with E-state index in [4.69, 9.17) is 10.4 Å². The summed E-state index contributed by atoms with van der Waals surface area (Å²) in [4.78, 5) is 0. The molecule has 0 amide bonds. The summed E-state index contributed by atoms with van der Waals surface area (Å²) >= 11 is 0. The largest absolute Gasteiger partial charge is 0.443 e. The molecular formula is CHCoNNiO. The molecule has 0 spiro atoms. The number of hydrogen-bond acceptors (Lipinski definition) is 2. The van der Waals surface area contributed by atoms with Crippen molar-refractivity contribution in [3.63, 3.8) is 0 Å². The van der Waals surface area contributed by atoms with Gasteiger partial charge in [-0.25, -0.2) is 0 Å². The zero-order valence-electron chi connectivity index (χ0n) is 2.04. The molecule has 0 aromatic rings. The molecule has 0 atom stereocenters. The van der Waals surface area contributed by atoms with Gasteiger partial charge in [0.2, 0.25) is 0 Å². The van der Waals surface area contributed by atoms with E-state index in [0.29, 0.717) is 0 Å². The van der Waals surface area contributed by atoms with Crippen LogP contribution in [-0.4, -0.2) is 5.11 Å². The minimum absolute atomic E-state index is 0. The zero-order valence-corrected chi connectivity index (χ0v) is 4.07. The van der Waals surface area contributed by atoms with Gasteiger partial charge in [0.15, 0.2) is 0 Å². The summed E-state index contributed by atoms with van der Waals surface area (Å²) in [7, 11) is 0. The molecule has 1 N–H and O–H groups in total. The van der Waals surface area contributed by atoms with Crippen LogP contribution in [0.4, 0.5) is 0 Å². The number of nitrogens with zero attached hydrogens (tertiary/aromatic N) is 1. The van der Waals surface area contributed by atoms with Gasteiger partial charge in [-0.15, -0.1) is 0 Å². The molecule has 5 heavy (non-hydrogen) atoms. The van der Waals surface area contributed by atoms with Crippen LogP contribution in [0.15, 0.2) is 0 Å². The summed E-state index contributed by atoms with van der Waals surface area (Å²) in [5.41, 5.74) is 0. The molecule has 0 aliphatic carbocycles. The monoisotopic (exact) mass is 160 g/mol. The summed E-state index contributed by atoms with van der Waals surface area (Å²) in [5, 5.41) is 13.8. The number of nitriles is 1. The maximum absolute atomic E-state index is 6.88. The molecule has 4 heteroatoms. The smallest absolute Gasteiger partial charge is 0.283 e. The van der Waals surface area contributed by atoms with Crippen molar-refractivity contribution in [3.05, 3.63) is 0 Å². The Balaban J connectivity index is -0.0000000200. The summed E-state index contributed by atoms with van der Waals surface area (Å²) in [6.07, 6.45) is 0.750. The van der Waals surface area contributed by atoms with Crippen molar-refractivity contribution in [1.82, 2.24) is 0 Å². The van der Waals surface area contributed by atoms with Crippen LogP contribution in [-0.2, 0) is 33.3 Å². The average Bonchev–Trinajstić information content (AvgIpc) is 0.918. The van der Waals surface area contributed by atoms with Crippen LogP contribution in [0, 0.1) is 11.5 Å². The fraction of sp³-hybridized carbons (Fsp3) is 0. The Morgan fingerprint density at radius 2 is 1.60 bits per heavy atom. The molecule has 0 aromatic carbocycles.